The summed E-state index contributed by atoms with van der Waals surface area (Å²) in [6.07, 6.45) is 0. The minimum absolute atomic E-state index is 0.0300. The molecule has 5 heteroatoms. The van der Waals surface area contributed by atoms with Gasteiger partial charge in [-0.1, -0.05) is 54.2 Å². The van der Waals surface area contributed by atoms with E-state index < -0.39 is 0 Å². The van der Waals surface area contributed by atoms with Crippen LogP contribution in [0.4, 0.5) is 5.69 Å². The van der Waals surface area contributed by atoms with Gasteiger partial charge in [0.15, 0.2) is 0 Å². The predicted molar refractivity (Wildman–Crippen MR) is 113 cm³/mol. The molecular weight excluding hydrogens is 372 g/mol. The van der Waals surface area contributed by atoms with E-state index in [2.05, 4.69) is 23.5 Å². The highest BCUT2D eigenvalue weighted by Gasteiger charge is 2.08. The monoisotopic (exact) mass is 390 g/mol. The maximum Gasteiger partial charge on any atom is 0.234 e. The Balaban J connectivity index is 1.55. The first-order valence-corrected chi connectivity index (χ1v) is 10.4. The summed E-state index contributed by atoms with van der Waals surface area (Å²) in [6, 6.07) is 27.5. The molecule has 0 unspecified atom stereocenters. The second-order valence-corrected chi connectivity index (χ2v) is 7.87. The van der Waals surface area contributed by atoms with E-state index in [0.29, 0.717) is 17.1 Å². The van der Waals surface area contributed by atoms with Crippen molar-refractivity contribution in [2.45, 2.75) is 15.5 Å². The van der Waals surface area contributed by atoms with Gasteiger partial charge in [-0.05, 0) is 42.0 Å². The van der Waals surface area contributed by atoms with Gasteiger partial charge in [0.05, 0.1) is 23.1 Å². The van der Waals surface area contributed by atoms with Crippen LogP contribution in [0.25, 0.3) is 0 Å². The topological polar surface area (TPSA) is 52.9 Å². The molecule has 27 heavy (non-hydrogen) atoms. The highest BCUT2D eigenvalue weighted by molar-refractivity contribution is 7.99. The van der Waals surface area contributed by atoms with E-state index in [1.54, 1.807) is 17.8 Å². The summed E-state index contributed by atoms with van der Waals surface area (Å²) >= 11 is 3.16. The zero-order valence-corrected chi connectivity index (χ0v) is 16.2. The fourth-order valence-electron chi connectivity index (χ4n) is 2.45. The molecule has 0 aliphatic rings. The molecule has 3 aromatic carbocycles. The molecule has 0 aliphatic carbocycles. The molecule has 1 N–H and O–H groups in total. The van der Waals surface area contributed by atoms with Gasteiger partial charge in [0.25, 0.3) is 0 Å². The minimum Gasteiger partial charge on any atom is -0.324 e. The Morgan fingerprint density at radius 1 is 0.963 bits per heavy atom. The molecule has 3 rings (SSSR count). The molecule has 3 aromatic rings. The Kier molecular flexibility index (Phi) is 6.97. The van der Waals surface area contributed by atoms with E-state index in [4.69, 9.17) is 5.26 Å². The summed E-state index contributed by atoms with van der Waals surface area (Å²) in [4.78, 5) is 14.5. The largest absolute Gasteiger partial charge is 0.324 e. The van der Waals surface area contributed by atoms with E-state index >= 15 is 0 Å². The molecular formula is C22H18N2OS2. The van der Waals surface area contributed by atoms with Crippen molar-refractivity contribution in [2.75, 3.05) is 11.1 Å². The predicted octanol–water partition coefficient (Wildman–Crippen LogP) is 5.58. The van der Waals surface area contributed by atoms with E-state index in [0.717, 1.165) is 21.0 Å². The summed E-state index contributed by atoms with van der Waals surface area (Å²) in [5.74, 6) is 1.03. The number of hydrogen-bond donors (Lipinski definition) is 1. The lowest BCUT2D eigenvalue weighted by molar-refractivity contribution is -0.113. The lowest BCUT2D eigenvalue weighted by atomic mass is 10.2. The van der Waals surface area contributed by atoms with E-state index in [1.165, 1.54) is 11.8 Å². The number of carbonyl (C=O) groups is 1. The molecule has 0 aliphatic heterocycles. The number of nitriles is 1. The number of rotatable bonds is 7. The summed E-state index contributed by atoms with van der Waals surface area (Å²) in [6.45, 7) is 0. The van der Waals surface area contributed by atoms with E-state index in [1.807, 2.05) is 60.7 Å². The zero-order chi connectivity index (χ0) is 18.9. The third kappa shape index (κ3) is 5.92. The van der Waals surface area contributed by atoms with Crippen molar-refractivity contribution < 1.29 is 4.79 Å². The first-order valence-electron chi connectivity index (χ1n) is 8.43. The molecule has 3 nitrogen and oxygen atoms in total. The molecule has 0 radical (unpaired) electrons. The average Bonchev–Trinajstić information content (AvgIpc) is 2.70. The average molecular weight is 391 g/mol. The smallest absolute Gasteiger partial charge is 0.234 e. The minimum atomic E-state index is -0.0300. The van der Waals surface area contributed by atoms with Crippen LogP contribution in [-0.2, 0) is 10.5 Å². The first kappa shape index (κ1) is 19.1. The number of nitrogens with one attached hydrogen (secondary N) is 1. The van der Waals surface area contributed by atoms with E-state index in [-0.39, 0.29) is 5.91 Å². The summed E-state index contributed by atoms with van der Waals surface area (Å²) < 4.78 is 0. The molecule has 0 bridgehead atoms. The Morgan fingerprint density at radius 2 is 1.74 bits per heavy atom. The van der Waals surface area contributed by atoms with Gasteiger partial charge in [-0.15, -0.1) is 11.8 Å². The third-order valence-corrected chi connectivity index (χ3v) is 5.78. The third-order valence-electron chi connectivity index (χ3n) is 3.69. The number of benzene rings is 3. The molecule has 134 valence electrons. The van der Waals surface area contributed by atoms with Crippen molar-refractivity contribution in [3.05, 3.63) is 90.0 Å². The van der Waals surface area contributed by atoms with Gasteiger partial charge >= 0.3 is 0 Å². The fraction of sp³-hybridized carbons (Fsp3) is 0.0909. The number of carbonyl (C=O) groups excluding carboxylic acids is 1. The second-order valence-electron chi connectivity index (χ2n) is 5.76. The Morgan fingerprint density at radius 3 is 2.56 bits per heavy atom. The molecule has 0 fully saturated rings. The second kappa shape index (κ2) is 9.86. The van der Waals surface area contributed by atoms with Gasteiger partial charge in [-0.3, -0.25) is 4.79 Å². The number of anilines is 1. The van der Waals surface area contributed by atoms with Crippen LogP contribution >= 0.6 is 23.5 Å². The van der Waals surface area contributed by atoms with Crippen molar-refractivity contribution in [1.82, 2.24) is 0 Å². The quantitative estimate of drug-likeness (QED) is 0.572. The van der Waals surface area contributed by atoms with Gasteiger partial charge in [0.2, 0.25) is 5.91 Å². The SMILES string of the molecule is N#Cc1cccc(CSCC(=O)Nc2ccccc2Sc2ccccc2)c1. The first-order chi connectivity index (χ1) is 13.2. The molecule has 1 amide bonds. The van der Waals surface area contributed by atoms with E-state index in [9.17, 15) is 4.79 Å². The standard InChI is InChI=1S/C22H18N2OS2/c23-14-17-7-6-8-18(13-17)15-26-16-22(25)24-20-11-4-5-12-21(20)27-19-9-2-1-3-10-19/h1-13H,15-16H2,(H,24,25). The molecule has 0 atom stereocenters. The zero-order valence-electron chi connectivity index (χ0n) is 14.6. The van der Waals surface area contributed by atoms with Gasteiger partial charge < -0.3 is 5.32 Å². The van der Waals surface area contributed by atoms with Crippen LogP contribution in [0.3, 0.4) is 0 Å². The molecule has 0 saturated heterocycles. The maximum absolute atomic E-state index is 12.3. The van der Waals surface area contributed by atoms with Crippen LogP contribution in [0, 0.1) is 11.3 Å². The van der Waals surface area contributed by atoms with Crippen molar-refractivity contribution in [1.29, 1.82) is 5.26 Å². The number of amides is 1. The normalized spacial score (nSPS) is 10.2. The molecule has 0 heterocycles. The van der Waals surface area contributed by atoms with Crippen molar-refractivity contribution in [3.63, 3.8) is 0 Å². The van der Waals surface area contributed by atoms with Crippen LogP contribution in [0.2, 0.25) is 0 Å². The van der Waals surface area contributed by atoms with Crippen LogP contribution in [0.15, 0.2) is 88.7 Å². The number of thioether (sulfide) groups is 1. The van der Waals surface area contributed by atoms with Crippen LogP contribution in [0.1, 0.15) is 11.1 Å². The highest BCUT2D eigenvalue weighted by Crippen LogP contribution is 2.33. The van der Waals surface area contributed by atoms with Crippen LogP contribution in [0.5, 0.6) is 0 Å². The van der Waals surface area contributed by atoms with Gasteiger partial charge in [0, 0.05) is 15.5 Å². The lowest BCUT2D eigenvalue weighted by Gasteiger charge is -2.11. The molecule has 0 aromatic heterocycles. The number of hydrogen-bond acceptors (Lipinski definition) is 4. The lowest BCUT2D eigenvalue weighted by Crippen LogP contribution is -2.14. The van der Waals surface area contributed by atoms with Crippen molar-refractivity contribution >= 4 is 35.1 Å². The van der Waals surface area contributed by atoms with Crippen LogP contribution < -0.4 is 5.32 Å². The highest BCUT2D eigenvalue weighted by atomic mass is 32.2. The number of para-hydroxylation sites is 1. The molecule has 0 spiro atoms. The maximum atomic E-state index is 12.3. The molecule has 0 saturated carbocycles. The Hall–Kier alpha value is -2.68. The van der Waals surface area contributed by atoms with Gasteiger partial charge in [-0.2, -0.15) is 5.26 Å². The fourth-order valence-corrected chi connectivity index (χ4v) is 4.15. The van der Waals surface area contributed by atoms with Crippen molar-refractivity contribution in [2.24, 2.45) is 0 Å². The Labute approximate surface area is 167 Å². The summed E-state index contributed by atoms with van der Waals surface area (Å²) in [5, 5.41) is 12.0. The number of nitrogens with zero attached hydrogens (tertiary/aromatic N) is 1. The Bertz CT molecular complexity index is 952. The summed E-state index contributed by atoms with van der Waals surface area (Å²) in [5.41, 5.74) is 2.51. The van der Waals surface area contributed by atoms with Crippen LogP contribution in [-0.4, -0.2) is 11.7 Å². The van der Waals surface area contributed by atoms with Gasteiger partial charge in [0.1, 0.15) is 0 Å². The summed E-state index contributed by atoms with van der Waals surface area (Å²) in [7, 11) is 0. The van der Waals surface area contributed by atoms with Crippen molar-refractivity contribution in [3.8, 4) is 6.07 Å². The van der Waals surface area contributed by atoms with Gasteiger partial charge in [-0.25, -0.2) is 0 Å².